The molecule has 0 spiro atoms. The first-order valence-corrected chi connectivity index (χ1v) is 9.50. The molecule has 134 valence electrons. The van der Waals surface area contributed by atoms with E-state index in [-0.39, 0.29) is 12.3 Å². The highest BCUT2D eigenvalue weighted by Crippen LogP contribution is 2.32. The Kier molecular flexibility index (Phi) is 6.24. The fourth-order valence-electron chi connectivity index (χ4n) is 2.22. The van der Waals surface area contributed by atoms with Crippen LogP contribution in [0, 0.1) is 0 Å². The van der Waals surface area contributed by atoms with Gasteiger partial charge < -0.3 is 9.73 Å². The molecule has 0 radical (unpaired) electrons. The third-order valence-corrected chi connectivity index (χ3v) is 5.10. The van der Waals surface area contributed by atoms with Crippen LogP contribution in [0.25, 0.3) is 11.3 Å². The van der Waals surface area contributed by atoms with Gasteiger partial charge in [-0.1, -0.05) is 62.9 Å². The SMILES string of the molecule is O=C(CCc1ncc(-c2ccc(Br)cc2)o1)Nc1cc(Cl)c(Cl)cc1Cl. The number of carbonyl (C=O) groups is 1. The molecule has 0 bridgehead atoms. The van der Waals surface area contributed by atoms with Crippen molar-refractivity contribution in [2.24, 2.45) is 0 Å². The summed E-state index contributed by atoms with van der Waals surface area (Å²) in [7, 11) is 0. The predicted octanol–water partition coefficient (Wildman–Crippen LogP) is 6.64. The number of carbonyl (C=O) groups excluding carboxylic acids is 1. The standard InChI is InChI=1S/C18H12BrCl3N2O2/c19-11-3-1-10(2-4-11)16-9-23-18(26-16)6-5-17(25)24-15-8-13(21)12(20)7-14(15)22/h1-4,7-9H,5-6H2,(H,24,25). The van der Waals surface area contributed by atoms with Crippen molar-refractivity contribution in [3.05, 3.63) is 68.0 Å². The van der Waals surface area contributed by atoms with Gasteiger partial charge in [0.2, 0.25) is 5.91 Å². The predicted molar refractivity (Wildman–Crippen MR) is 108 cm³/mol. The lowest BCUT2D eigenvalue weighted by Crippen LogP contribution is -2.12. The van der Waals surface area contributed by atoms with Crippen LogP contribution in [0.15, 0.2) is 51.5 Å². The minimum Gasteiger partial charge on any atom is -0.441 e. The van der Waals surface area contributed by atoms with E-state index < -0.39 is 0 Å². The Bertz CT molecular complexity index is 942. The van der Waals surface area contributed by atoms with Crippen molar-refractivity contribution in [2.75, 3.05) is 5.32 Å². The zero-order valence-corrected chi connectivity index (χ0v) is 17.1. The van der Waals surface area contributed by atoms with E-state index in [0.29, 0.717) is 38.8 Å². The molecule has 8 heteroatoms. The average Bonchev–Trinajstić information content (AvgIpc) is 3.07. The number of anilines is 1. The van der Waals surface area contributed by atoms with Gasteiger partial charge in [0.15, 0.2) is 11.7 Å². The normalized spacial score (nSPS) is 10.8. The van der Waals surface area contributed by atoms with Crippen molar-refractivity contribution < 1.29 is 9.21 Å². The van der Waals surface area contributed by atoms with Gasteiger partial charge in [-0.3, -0.25) is 4.79 Å². The van der Waals surface area contributed by atoms with Crippen molar-refractivity contribution in [3.63, 3.8) is 0 Å². The second kappa shape index (κ2) is 8.44. The summed E-state index contributed by atoms with van der Waals surface area (Å²) in [6, 6.07) is 10.7. The van der Waals surface area contributed by atoms with E-state index in [0.717, 1.165) is 10.0 Å². The fraction of sp³-hybridized carbons (Fsp3) is 0.111. The van der Waals surface area contributed by atoms with Gasteiger partial charge in [-0.15, -0.1) is 0 Å². The summed E-state index contributed by atoms with van der Waals surface area (Å²) in [4.78, 5) is 16.3. The zero-order valence-electron chi connectivity index (χ0n) is 13.2. The number of aryl methyl sites for hydroxylation is 1. The first-order chi connectivity index (χ1) is 12.4. The van der Waals surface area contributed by atoms with Crippen molar-refractivity contribution >= 4 is 62.3 Å². The molecule has 0 aliphatic carbocycles. The number of halogens is 4. The Balaban J connectivity index is 1.60. The van der Waals surface area contributed by atoms with Gasteiger partial charge in [0.1, 0.15) is 0 Å². The minimum atomic E-state index is -0.228. The molecular weight excluding hydrogens is 462 g/mol. The smallest absolute Gasteiger partial charge is 0.224 e. The summed E-state index contributed by atoms with van der Waals surface area (Å²) in [5.41, 5.74) is 1.33. The van der Waals surface area contributed by atoms with Crippen LogP contribution in [0.5, 0.6) is 0 Å². The number of rotatable bonds is 5. The van der Waals surface area contributed by atoms with Gasteiger partial charge in [0.25, 0.3) is 0 Å². The van der Waals surface area contributed by atoms with Gasteiger partial charge in [0, 0.05) is 22.9 Å². The molecule has 0 unspecified atom stereocenters. The molecule has 0 aliphatic heterocycles. The Morgan fingerprint density at radius 3 is 2.50 bits per heavy atom. The average molecular weight is 475 g/mol. The van der Waals surface area contributed by atoms with Crippen LogP contribution in [0.4, 0.5) is 5.69 Å². The Morgan fingerprint density at radius 2 is 1.77 bits per heavy atom. The van der Waals surface area contributed by atoms with Crippen LogP contribution in [0.2, 0.25) is 15.1 Å². The van der Waals surface area contributed by atoms with E-state index in [9.17, 15) is 4.79 Å². The molecule has 1 amide bonds. The molecule has 0 saturated heterocycles. The highest BCUT2D eigenvalue weighted by atomic mass is 79.9. The molecule has 1 aromatic heterocycles. The maximum Gasteiger partial charge on any atom is 0.224 e. The fourth-order valence-corrected chi connectivity index (χ4v) is 3.08. The molecule has 0 saturated carbocycles. The van der Waals surface area contributed by atoms with E-state index in [4.69, 9.17) is 39.2 Å². The van der Waals surface area contributed by atoms with Crippen molar-refractivity contribution in [3.8, 4) is 11.3 Å². The highest BCUT2D eigenvalue weighted by molar-refractivity contribution is 9.10. The molecule has 0 fully saturated rings. The first kappa shape index (κ1) is 19.2. The molecule has 0 atom stereocenters. The molecule has 2 aromatic carbocycles. The van der Waals surface area contributed by atoms with E-state index in [2.05, 4.69) is 26.2 Å². The molecule has 26 heavy (non-hydrogen) atoms. The monoisotopic (exact) mass is 472 g/mol. The molecule has 0 aliphatic rings. The van der Waals surface area contributed by atoms with Crippen LogP contribution >= 0.6 is 50.7 Å². The largest absolute Gasteiger partial charge is 0.441 e. The summed E-state index contributed by atoms with van der Waals surface area (Å²) in [6.07, 6.45) is 2.20. The summed E-state index contributed by atoms with van der Waals surface area (Å²) < 4.78 is 6.68. The van der Waals surface area contributed by atoms with Crippen LogP contribution in [-0.2, 0) is 11.2 Å². The number of hydrogen-bond acceptors (Lipinski definition) is 3. The lowest BCUT2D eigenvalue weighted by molar-refractivity contribution is -0.116. The van der Waals surface area contributed by atoms with Crippen molar-refractivity contribution in [1.29, 1.82) is 0 Å². The molecular formula is C18H12BrCl3N2O2. The van der Waals surface area contributed by atoms with Gasteiger partial charge >= 0.3 is 0 Å². The van der Waals surface area contributed by atoms with Crippen LogP contribution in [0.1, 0.15) is 12.3 Å². The van der Waals surface area contributed by atoms with E-state index in [1.807, 2.05) is 24.3 Å². The second-order valence-corrected chi connectivity index (χ2v) is 7.56. The van der Waals surface area contributed by atoms with E-state index >= 15 is 0 Å². The van der Waals surface area contributed by atoms with Crippen molar-refractivity contribution in [1.82, 2.24) is 4.98 Å². The first-order valence-electron chi connectivity index (χ1n) is 7.57. The minimum absolute atomic E-state index is 0.191. The molecule has 1 N–H and O–H groups in total. The van der Waals surface area contributed by atoms with Crippen molar-refractivity contribution in [2.45, 2.75) is 12.8 Å². The summed E-state index contributed by atoms with van der Waals surface area (Å²) in [5.74, 6) is 0.910. The van der Waals surface area contributed by atoms with Gasteiger partial charge in [-0.2, -0.15) is 0 Å². The van der Waals surface area contributed by atoms with Gasteiger partial charge in [-0.05, 0) is 24.3 Å². The Hall–Kier alpha value is -1.53. The second-order valence-electron chi connectivity index (χ2n) is 5.42. The Labute approximate surface area is 173 Å². The highest BCUT2D eigenvalue weighted by Gasteiger charge is 2.12. The van der Waals surface area contributed by atoms with E-state index in [1.54, 1.807) is 6.20 Å². The molecule has 3 aromatic rings. The number of nitrogens with one attached hydrogen (secondary N) is 1. The topological polar surface area (TPSA) is 55.1 Å². The summed E-state index contributed by atoms with van der Waals surface area (Å²) in [6.45, 7) is 0. The third-order valence-electron chi connectivity index (χ3n) is 3.53. The maximum atomic E-state index is 12.1. The van der Waals surface area contributed by atoms with Gasteiger partial charge in [0.05, 0.1) is 27.0 Å². The summed E-state index contributed by atoms with van der Waals surface area (Å²) >= 11 is 21.3. The van der Waals surface area contributed by atoms with E-state index in [1.165, 1.54) is 12.1 Å². The van der Waals surface area contributed by atoms with Crippen LogP contribution in [-0.4, -0.2) is 10.9 Å². The number of benzene rings is 2. The van der Waals surface area contributed by atoms with Crippen LogP contribution < -0.4 is 5.32 Å². The third kappa shape index (κ3) is 4.80. The maximum absolute atomic E-state index is 12.1. The molecule has 3 rings (SSSR count). The Morgan fingerprint density at radius 1 is 1.08 bits per heavy atom. The number of oxazole rings is 1. The van der Waals surface area contributed by atoms with Crippen LogP contribution in [0.3, 0.4) is 0 Å². The number of aromatic nitrogens is 1. The quantitative estimate of drug-likeness (QED) is 0.422. The lowest BCUT2D eigenvalue weighted by atomic mass is 10.2. The number of hydrogen-bond donors (Lipinski definition) is 1. The molecule has 1 heterocycles. The zero-order chi connectivity index (χ0) is 18.7. The number of amides is 1. The van der Waals surface area contributed by atoms with Gasteiger partial charge in [-0.25, -0.2) is 4.98 Å². The summed E-state index contributed by atoms with van der Waals surface area (Å²) in [5, 5.41) is 3.67. The lowest BCUT2D eigenvalue weighted by Gasteiger charge is -2.08. The molecule has 4 nitrogen and oxygen atoms in total. The number of nitrogens with zero attached hydrogens (tertiary/aromatic N) is 1.